The molecule has 0 radical (unpaired) electrons. The molecule has 1 aromatic carbocycles. The van der Waals surface area contributed by atoms with E-state index in [1.54, 1.807) is 0 Å². The van der Waals surface area contributed by atoms with Crippen molar-refractivity contribution in [2.24, 2.45) is 0 Å². The summed E-state index contributed by atoms with van der Waals surface area (Å²) in [6.45, 7) is 0. The molecule has 2 aromatic rings. The van der Waals surface area contributed by atoms with Crippen molar-refractivity contribution in [3.63, 3.8) is 0 Å². The van der Waals surface area contributed by atoms with Crippen molar-refractivity contribution in [2.45, 2.75) is 12.9 Å². The zero-order chi connectivity index (χ0) is 15.0. The predicted molar refractivity (Wildman–Crippen MR) is 61.0 cm³/mol. The Morgan fingerprint density at radius 2 is 1.85 bits per heavy atom. The van der Waals surface area contributed by atoms with Crippen LogP contribution in [0.4, 0.5) is 17.6 Å². The number of fused-ring (bicyclic) bond motifs is 1. The molecule has 106 valence electrons. The van der Waals surface area contributed by atoms with Crippen molar-refractivity contribution in [1.82, 2.24) is 4.98 Å². The molecule has 0 aliphatic carbocycles. The molecule has 0 saturated heterocycles. The number of aromatic carboxylic acids is 1. The van der Waals surface area contributed by atoms with Crippen LogP contribution in [-0.2, 0) is 0 Å². The molecule has 0 bridgehead atoms. The maximum absolute atomic E-state index is 13.1. The summed E-state index contributed by atoms with van der Waals surface area (Å²) in [5.74, 6) is -2.13. The van der Waals surface area contributed by atoms with Crippen LogP contribution in [0.15, 0.2) is 18.2 Å². The van der Waals surface area contributed by atoms with Gasteiger partial charge in [0.15, 0.2) is 0 Å². The van der Waals surface area contributed by atoms with E-state index in [1.807, 2.05) is 0 Å². The van der Waals surface area contributed by atoms with Gasteiger partial charge in [-0.15, -0.1) is 0 Å². The van der Waals surface area contributed by atoms with Gasteiger partial charge in [0.05, 0.1) is 11.5 Å². The van der Waals surface area contributed by atoms with Gasteiger partial charge in [0.1, 0.15) is 5.69 Å². The number of benzene rings is 1. The van der Waals surface area contributed by atoms with Gasteiger partial charge in [-0.25, -0.2) is 22.5 Å². The molecule has 0 atom stereocenters. The Morgan fingerprint density at radius 1 is 1.20 bits per heavy atom. The molecule has 0 amide bonds. The zero-order valence-electron chi connectivity index (χ0n) is 9.54. The lowest BCUT2D eigenvalue weighted by Crippen LogP contribution is -2.26. The number of carboxylic acids is 1. The quantitative estimate of drug-likeness (QED) is 0.819. The minimum absolute atomic E-state index is 0.0512. The lowest BCUT2D eigenvalue weighted by Gasteiger charge is -2.17. The second-order valence-electron chi connectivity index (χ2n) is 3.84. The number of alkyl halides is 4. The molecule has 1 heterocycles. The summed E-state index contributed by atoms with van der Waals surface area (Å²) in [6.07, 6.45) is -6.61. The summed E-state index contributed by atoms with van der Waals surface area (Å²) in [6, 6.07) is 3.49. The number of carbonyl (C=O) groups is 1. The van der Waals surface area contributed by atoms with Gasteiger partial charge in [0, 0.05) is 21.5 Å². The Bertz CT molecular complexity index is 691. The molecule has 8 heteroatoms. The second kappa shape index (κ2) is 5.24. The molecule has 20 heavy (non-hydrogen) atoms. The zero-order valence-corrected chi connectivity index (χ0v) is 10.3. The molecule has 3 nitrogen and oxygen atoms in total. The lowest BCUT2D eigenvalue weighted by atomic mass is 10.0. The Balaban J connectivity index is 2.98. The number of nitrogens with zero attached hydrogens (tertiary/aromatic N) is 1. The topological polar surface area (TPSA) is 53.0 Å². The minimum atomic E-state index is -3.32. The van der Waals surface area contributed by atoms with Crippen LogP contribution in [0.3, 0.4) is 0 Å². The molecule has 0 unspecified atom stereocenters. The first-order valence-corrected chi connectivity index (χ1v) is 5.61. The number of halogens is 5. The van der Waals surface area contributed by atoms with Gasteiger partial charge in [-0.2, -0.15) is 0 Å². The van der Waals surface area contributed by atoms with Gasteiger partial charge in [-0.05, 0) is 18.2 Å². The lowest BCUT2D eigenvalue weighted by molar-refractivity contribution is -0.255. The summed E-state index contributed by atoms with van der Waals surface area (Å²) in [5, 5.41) is 10.7. The fourth-order valence-corrected chi connectivity index (χ4v) is 2.05. The van der Waals surface area contributed by atoms with Crippen LogP contribution in [0, 0.1) is 0 Å². The van der Waals surface area contributed by atoms with Gasteiger partial charge in [0.2, 0.25) is 0 Å². The van der Waals surface area contributed by atoms with Crippen molar-refractivity contribution in [3.8, 4) is 0 Å². The van der Waals surface area contributed by atoms with E-state index < -0.39 is 35.6 Å². The summed E-state index contributed by atoms with van der Waals surface area (Å²) in [7, 11) is 0. The Labute approximate surface area is 114 Å². The number of hydrogen-bond donors (Lipinski definition) is 0. The monoisotopic (exact) mass is 306 g/mol. The molecule has 2 rings (SSSR count). The minimum Gasteiger partial charge on any atom is -0.545 e. The number of hydrogen-bond acceptors (Lipinski definition) is 3. The number of carbonyl (C=O) groups excluding carboxylic acids is 1. The highest BCUT2D eigenvalue weighted by Crippen LogP contribution is 2.36. The first-order valence-electron chi connectivity index (χ1n) is 5.23. The number of pyridine rings is 1. The van der Waals surface area contributed by atoms with Crippen LogP contribution >= 0.6 is 11.6 Å². The highest BCUT2D eigenvalue weighted by molar-refractivity contribution is 6.31. The smallest absolute Gasteiger partial charge is 0.281 e. The Kier molecular flexibility index (Phi) is 3.80. The molecule has 1 aromatic heterocycles. The van der Waals surface area contributed by atoms with E-state index >= 15 is 0 Å². The van der Waals surface area contributed by atoms with E-state index in [9.17, 15) is 27.5 Å². The Morgan fingerprint density at radius 3 is 2.35 bits per heavy atom. The van der Waals surface area contributed by atoms with E-state index in [0.717, 1.165) is 12.1 Å². The van der Waals surface area contributed by atoms with Crippen LogP contribution in [0.1, 0.15) is 34.5 Å². The molecule has 0 aliphatic rings. The SMILES string of the molecule is O=C([O-])c1c(C(F)F)nc2ccc(Cl)cc2c1C(F)F. The molecular weight excluding hydrogens is 302 g/mol. The fourth-order valence-electron chi connectivity index (χ4n) is 1.88. The maximum Gasteiger partial charge on any atom is 0.281 e. The summed E-state index contributed by atoms with van der Waals surface area (Å²) < 4.78 is 51.8. The van der Waals surface area contributed by atoms with Gasteiger partial charge in [-0.3, -0.25) is 0 Å². The van der Waals surface area contributed by atoms with Crippen LogP contribution in [0.25, 0.3) is 10.9 Å². The van der Waals surface area contributed by atoms with Gasteiger partial charge >= 0.3 is 0 Å². The van der Waals surface area contributed by atoms with E-state index in [1.165, 1.54) is 6.07 Å². The van der Waals surface area contributed by atoms with Crippen molar-refractivity contribution in [3.05, 3.63) is 40.0 Å². The summed E-state index contributed by atoms with van der Waals surface area (Å²) in [4.78, 5) is 14.3. The number of aromatic nitrogens is 1. The number of rotatable bonds is 3. The number of carboxylic acid groups (broad SMARTS) is 1. The Hall–Kier alpha value is -1.89. The first kappa shape index (κ1) is 14.5. The first-order chi connectivity index (χ1) is 9.32. The summed E-state index contributed by atoms with van der Waals surface area (Å²) in [5.41, 5.74) is -3.78. The predicted octanol–water partition coefficient (Wildman–Crippen LogP) is 3.13. The molecule has 0 N–H and O–H groups in total. The third-order valence-electron chi connectivity index (χ3n) is 2.64. The average Bonchev–Trinajstić information content (AvgIpc) is 2.35. The van der Waals surface area contributed by atoms with Crippen molar-refractivity contribution in [2.75, 3.05) is 0 Å². The van der Waals surface area contributed by atoms with Crippen LogP contribution < -0.4 is 5.11 Å². The fraction of sp³-hybridized carbons (Fsp3) is 0.167. The molecular formula is C12H5ClF4NO2-. The molecule has 0 aliphatic heterocycles. The largest absolute Gasteiger partial charge is 0.545 e. The van der Waals surface area contributed by atoms with E-state index in [-0.39, 0.29) is 15.9 Å². The standard InChI is InChI=1S/C12H6ClF4NO2/c13-4-1-2-6-5(3-4)7(10(14)15)8(12(19)20)9(18-6)11(16)17/h1-3,10-11H,(H,19,20)/p-1. The normalized spacial score (nSPS) is 11.6. The maximum atomic E-state index is 13.1. The van der Waals surface area contributed by atoms with Crippen molar-refractivity contribution >= 4 is 28.5 Å². The van der Waals surface area contributed by atoms with E-state index in [4.69, 9.17) is 11.6 Å². The van der Waals surface area contributed by atoms with Crippen molar-refractivity contribution < 1.29 is 27.5 Å². The van der Waals surface area contributed by atoms with Crippen LogP contribution in [0.5, 0.6) is 0 Å². The van der Waals surface area contributed by atoms with Gasteiger partial charge in [-0.1, -0.05) is 11.6 Å². The van der Waals surface area contributed by atoms with E-state index in [2.05, 4.69) is 4.98 Å². The van der Waals surface area contributed by atoms with Crippen LogP contribution in [-0.4, -0.2) is 11.0 Å². The highest BCUT2D eigenvalue weighted by Gasteiger charge is 2.26. The highest BCUT2D eigenvalue weighted by atomic mass is 35.5. The van der Waals surface area contributed by atoms with Gasteiger partial charge < -0.3 is 9.90 Å². The van der Waals surface area contributed by atoms with Gasteiger partial charge in [0.25, 0.3) is 12.9 Å². The molecule has 0 saturated carbocycles. The van der Waals surface area contributed by atoms with Crippen LogP contribution in [0.2, 0.25) is 5.02 Å². The average molecular weight is 307 g/mol. The molecule has 0 spiro atoms. The summed E-state index contributed by atoms with van der Waals surface area (Å²) >= 11 is 5.65. The van der Waals surface area contributed by atoms with E-state index in [0.29, 0.717) is 0 Å². The van der Waals surface area contributed by atoms with Crippen molar-refractivity contribution in [1.29, 1.82) is 0 Å². The third kappa shape index (κ3) is 2.40. The molecule has 0 fully saturated rings. The second-order valence-corrected chi connectivity index (χ2v) is 4.27. The third-order valence-corrected chi connectivity index (χ3v) is 2.88.